The van der Waals surface area contributed by atoms with Crippen LogP contribution in [0.3, 0.4) is 0 Å². The van der Waals surface area contributed by atoms with Crippen LogP contribution >= 0.6 is 11.6 Å². The van der Waals surface area contributed by atoms with Crippen molar-refractivity contribution < 1.29 is 0 Å². The molecule has 1 aromatic carbocycles. The fraction of sp³-hybridized carbons (Fsp3) is 0.550. The standard InChI is InChI=1S/C18H23ClN4O.C2H6/c19-16-12-15(11-13-1-6-21-18(24)17(13)16)23-9-7-22(8-10-23)14-2-4-20-5-3-14;1-2/h1,6,11-12,14,20H,2-5,7-10H2,(H,21,24);1-2H3. The summed E-state index contributed by atoms with van der Waals surface area (Å²) in [7, 11) is 0. The number of aromatic nitrogens is 1. The molecule has 0 saturated carbocycles. The number of hydrogen-bond acceptors (Lipinski definition) is 4. The van der Waals surface area contributed by atoms with Gasteiger partial charge in [0.05, 0.1) is 10.4 Å². The van der Waals surface area contributed by atoms with Crippen LogP contribution in [0.25, 0.3) is 10.8 Å². The van der Waals surface area contributed by atoms with Gasteiger partial charge in [-0.1, -0.05) is 25.4 Å². The Bertz CT molecular complexity index is 777. The molecule has 0 atom stereocenters. The second-order valence-electron chi connectivity index (χ2n) is 6.70. The zero-order valence-electron chi connectivity index (χ0n) is 15.7. The predicted octanol–water partition coefficient (Wildman–Crippen LogP) is 3.08. The number of piperidine rings is 1. The van der Waals surface area contributed by atoms with E-state index < -0.39 is 0 Å². The van der Waals surface area contributed by atoms with Crippen molar-refractivity contribution in [3.63, 3.8) is 0 Å². The minimum Gasteiger partial charge on any atom is -0.369 e. The molecule has 2 aromatic rings. The maximum absolute atomic E-state index is 11.9. The van der Waals surface area contributed by atoms with Crippen molar-refractivity contribution in [1.29, 1.82) is 0 Å². The van der Waals surface area contributed by atoms with Gasteiger partial charge in [-0.25, -0.2) is 0 Å². The number of aromatic amines is 1. The summed E-state index contributed by atoms with van der Waals surface area (Å²) in [5.74, 6) is 0. The summed E-state index contributed by atoms with van der Waals surface area (Å²) in [6.07, 6.45) is 4.19. The van der Waals surface area contributed by atoms with Crippen molar-refractivity contribution in [3.8, 4) is 0 Å². The van der Waals surface area contributed by atoms with Gasteiger partial charge in [-0.2, -0.15) is 0 Å². The molecule has 0 aliphatic carbocycles. The number of nitrogens with one attached hydrogen (secondary N) is 2. The molecule has 0 unspecified atom stereocenters. The first-order chi connectivity index (χ1) is 12.7. The monoisotopic (exact) mass is 376 g/mol. The normalized spacial score (nSPS) is 19.3. The van der Waals surface area contributed by atoms with E-state index in [-0.39, 0.29) is 5.56 Å². The first-order valence-electron chi connectivity index (χ1n) is 9.73. The molecule has 5 nitrogen and oxygen atoms in total. The highest BCUT2D eigenvalue weighted by Crippen LogP contribution is 2.28. The van der Waals surface area contributed by atoms with Gasteiger partial charge in [0.25, 0.3) is 5.56 Å². The lowest BCUT2D eigenvalue weighted by Crippen LogP contribution is -2.52. The number of piperazine rings is 1. The largest absolute Gasteiger partial charge is 0.369 e. The summed E-state index contributed by atoms with van der Waals surface area (Å²) in [4.78, 5) is 19.6. The van der Waals surface area contributed by atoms with Crippen LogP contribution in [0.1, 0.15) is 26.7 Å². The molecule has 0 radical (unpaired) electrons. The molecule has 6 heteroatoms. The number of benzene rings is 1. The Morgan fingerprint density at radius 1 is 1.08 bits per heavy atom. The number of fused-ring (bicyclic) bond motifs is 1. The number of hydrogen-bond donors (Lipinski definition) is 2. The van der Waals surface area contributed by atoms with Gasteiger partial charge in [0.15, 0.2) is 0 Å². The number of rotatable bonds is 2. The summed E-state index contributed by atoms with van der Waals surface area (Å²) in [5.41, 5.74) is 0.989. The number of halogens is 1. The van der Waals surface area contributed by atoms with E-state index in [0.29, 0.717) is 10.4 Å². The van der Waals surface area contributed by atoms with E-state index in [4.69, 9.17) is 11.6 Å². The van der Waals surface area contributed by atoms with Crippen LogP contribution in [0.15, 0.2) is 29.2 Å². The third-order valence-corrected chi connectivity index (χ3v) is 5.61. The quantitative estimate of drug-likeness (QED) is 0.845. The van der Waals surface area contributed by atoms with E-state index in [9.17, 15) is 4.79 Å². The summed E-state index contributed by atoms with van der Waals surface area (Å²) in [5, 5.41) is 5.45. The van der Waals surface area contributed by atoms with E-state index in [1.165, 1.54) is 12.8 Å². The van der Waals surface area contributed by atoms with E-state index in [2.05, 4.69) is 26.2 Å². The molecular formula is C20H29ClN4O. The summed E-state index contributed by atoms with van der Waals surface area (Å²) in [6.45, 7) is 10.5. The molecule has 0 amide bonds. The van der Waals surface area contributed by atoms with E-state index in [1.807, 2.05) is 26.0 Å². The molecular weight excluding hydrogens is 348 g/mol. The Morgan fingerprint density at radius 2 is 1.77 bits per heavy atom. The van der Waals surface area contributed by atoms with E-state index in [1.54, 1.807) is 6.20 Å². The highest BCUT2D eigenvalue weighted by atomic mass is 35.5. The molecule has 2 aliphatic rings. The number of H-pyrrole nitrogens is 1. The smallest absolute Gasteiger partial charge is 0.257 e. The molecule has 1 aromatic heterocycles. The van der Waals surface area contributed by atoms with Gasteiger partial charge in [0.1, 0.15) is 0 Å². The van der Waals surface area contributed by atoms with E-state index >= 15 is 0 Å². The number of anilines is 1. The minimum atomic E-state index is -0.125. The first kappa shape index (κ1) is 19.2. The fourth-order valence-electron chi connectivity index (χ4n) is 3.96. The van der Waals surface area contributed by atoms with Crippen LogP contribution in [-0.2, 0) is 0 Å². The SMILES string of the molecule is CC.O=c1[nH]ccc2cc(N3CCN(C4CCNCC4)CC3)cc(Cl)c12. The molecule has 2 aliphatic heterocycles. The molecule has 0 spiro atoms. The molecule has 2 N–H and O–H groups in total. The second-order valence-corrected chi connectivity index (χ2v) is 7.11. The Balaban J connectivity index is 0.000000948. The Hall–Kier alpha value is -1.56. The van der Waals surface area contributed by atoms with E-state index in [0.717, 1.165) is 56.4 Å². The Labute approximate surface area is 160 Å². The third-order valence-electron chi connectivity index (χ3n) is 5.31. The van der Waals surface area contributed by atoms with Gasteiger partial charge in [0.2, 0.25) is 0 Å². The maximum atomic E-state index is 11.9. The molecule has 2 fully saturated rings. The summed E-state index contributed by atoms with van der Waals surface area (Å²) in [6, 6.07) is 6.65. The maximum Gasteiger partial charge on any atom is 0.257 e. The molecule has 3 heterocycles. The molecule has 142 valence electrons. The van der Waals surface area contributed by atoms with Crippen molar-refractivity contribution in [2.75, 3.05) is 44.2 Å². The minimum absolute atomic E-state index is 0.125. The van der Waals surface area contributed by atoms with Crippen LogP contribution in [0.5, 0.6) is 0 Å². The average molecular weight is 377 g/mol. The van der Waals surface area contributed by atoms with Gasteiger partial charge in [-0.05, 0) is 49.5 Å². The van der Waals surface area contributed by atoms with Crippen molar-refractivity contribution in [1.82, 2.24) is 15.2 Å². The van der Waals surface area contributed by atoms with Crippen LogP contribution in [0.4, 0.5) is 5.69 Å². The first-order valence-corrected chi connectivity index (χ1v) is 10.1. The van der Waals surface area contributed by atoms with Crippen molar-refractivity contribution in [2.45, 2.75) is 32.7 Å². The summed E-state index contributed by atoms with van der Waals surface area (Å²) < 4.78 is 0. The molecule has 26 heavy (non-hydrogen) atoms. The zero-order valence-corrected chi connectivity index (χ0v) is 16.5. The number of nitrogens with zero attached hydrogens (tertiary/aromatic N) is 2. The lowest BCUT2D eigenvalue weighted by molar-refractivity contribution is 0.153. The molecule has 0 bridgehead atoms. The van der Waals surface area contributed by atoms with Crippen LogP contribution < -0.4 is 15.8 Å². The molecule has 4 rings (SSSR count). The summed E-state index contributed by atoms with van der Waals surface area (Å²) >= 11 is 6.37. The van der Waals surface area contributed by atoms with Crippen LogP contribution in [-0.4, -0.2) is 55.2 Å². The van der Waals surface area contributed by atoms with Gasteiger partial charge in [-0.15, -0.1) is 0 Å². The predicted molar refractivity (Wildman–Crippen MR) is 111 cm³/mol. The van der Waals surface area contributed by atoms with Crippen LogP contribution in [0.2, 0.25) is 5.02 Å². The van der Waals surface area contributed by atoms with Crippen molar-refractivity contribution in [2.24, 2.45) is 0 Å². The second kappa shape index (κ2) is 8.89. The topological polar surface area (TPSA) is 51.4 Å². The zero-order chi connectivity index (χ0) is 18.5. The van der Waals surface area contributed by atoms with Gasteiger partial charge in [-0.3, -0.25) is 9.69 Å². The fourth-order valence-corrected chi connectivity index (χ4v) is 4.27. The Kier molecular flexibility index (Phi) is 6.57. The lowest BCUT2D eigenvalue weighted by Gasteiger charge is -2.41. The van der Waals surface area contributed by atoms with Crippen LogP contribution in [0, 0.1) is 0 Å². The van der Waals surface area contributed by atoms with Crippen molar-refractivity contribution >= 4 is 28.1 Å². The van der Waals surface area contributed by atoms with Gasteiger partial charge < -0.3 is 15.2 Å². The van der Waals surface area contributed by atoms with Gasteiger partial charge >= 0.3 is 0 Å². The highest BCUT2D eigenvalue weighted by Gasteiger charge is 2.25. The van der Waals surface area contributed by atoms with Gasteiger partial charge in [0, 0.05) is 44.1 Å². The highest BCUT2D eigenvalue weighted by molar-refractivity contribution is 6.35. The van der Waals surface area contributed by atoms with Crippen molar-refractivity contribution in [3.05, 3.63) is 39.8 Å². The average Bonchev–Trinajstić information content (AvgIpc) is 2.70. The third kappa shape index (κ3) is 4.05. The number of pyridine rings is 1. The molecule has 2 saturated heterocycles. The lowest BCUT2D eigenvalue weighted by atomic mass is 10.0. The Morgan fingerprint density at radius 3 is 2.46 bits per heavy atom.